The third-order valence-corrected chi connectivity index (χ3v) is 4.56. The van der Waals surface area contributed by atoms with Gasteiger partial charge in [0.05, 0.1) is 7.11 Å². The molecule has 0 aliphatic heterocycles. The predicted molar refractivity (Wildman–Crippen MR) is 129 cm³/mol. The summed E-state index contributed by atoms with van der Waals surface area (Å²) in [4.78, 5) is 6.61. The number of rotatable bonds is 8. The third-order valence-electron chi connectivity index (χ3n) is 4.56. The van der Waals surface area contributed by atoms with Crippen LogP contribution in [0.25, 0.3) is 0 Å². The lowest BCUT2D eigenvalue weighted by Crippen LogP contribution is -2.36. The molecule has 0 saturated heterocycles. The summed E-state index contributed by atoms with van der Waals surface area (Å²) in [5, 5.41) is 6.74. The Morgan fingerprint density at radius 2 is 1.79 bits per heavy atom. The minimum atomic E-state index is 0. The van der Waals surface area contributed by atoms with Gasteiger partial charge in [-0.3, -0.25) is 4.99 Å². The number of ether oxygens (including phenoxy) is 1. The highest BCUT2D eigenvalue weighted by atomic mass is 127. The summed E-state index contributed by atoms with van der Waals surface area (Å²) >= 11 is 0. The molecule has 0 aromatic heterocycles. The van der Waals surface area contributed by atoms with Crippen molar-refractivity contribution in [2.75, 3.05) is 27.7 Å². The quantitative estimate of drug-likeness (QED) is 0.330. The first-order valence-corrected chi connectivity index (χ1v) is 9.40. The van der Waals surface area contributed by atoms with Crippen LogP contribution in [0.1, 0.15) is 29.2 Å². The number of methoxy groups -OCH3 is 1. The molecular formula is C22H33IN4O. The highest BCUT2D eigenvalue weighted by molar-refractivity contribution is 14.0. The molecule has 2 aromatic rings. The number of benzene rings is 2. The molecule has 154 valence electrons. The Labute approximate surface area is 186 Å². The summed E-state index contributed by atoms with van der Waals surface area (Å²) in [5.41, 5.74) is 4.86. The molecule has 0 bridgehead atoms. The molecule has 0 aliphatic rings. The monoisotopic (exact) mass is 496 g/mol. The van der Waals surface area contributed by atoms with E-state index in [0.717, 1.165) is 36.9 Å². The van der Waals surface area contributed by atoms with Gasteiger partial charge in [-0.05, 0) is 43.3 Å². The molecule has 0 atom stereocenters. The molecule has 28 heavy (non-hydrogen) atoms. The van der Waals surface area contributed by atoms with E-state index in [9.17, 15) is 0 Å². The molecule has 0 amide bonds. The number of aryl methyl sites for hydroxylation is 1. The van der Waals surface area contributed by atoms with E-state index in [1.165, 1.54) is 16.7 Å². The molecule has 0 heterocycles. The van der Waals surface area contributed by atoms with Gasteiger partial charge in [-0.2, -0.15) is 0 Å². The van der Waals surface area contributed by atoms with E-state index in [1.54, 1.807) is 14.2 Å². The molecule has 0 radical (unpaired) electrons. The fourth-order valence-corrected chi connectivity index (χ4v) is 2.84. The highest BCUT2D eigenvalue weighted by Gasteiger charge is 2.05. The van der Waals surface area contributed by atoms with E-state index in [1.807, 2.05) is 6.07 Å². The first-order valence-electron chi connectivity index (χ1n) is 9.40. The van der Waals surface area contributed by atoms with E-state index in [2.05, 4.69) is 77.8 Å². The van der Waals surface area contributed by atoms with E-state index in [-0.39, 0.29) is 24.0 Å². The van der Waals surface area contributed by atoms with Crippen LogP contribution in [0.4, 0.5) is 0 Å². The normalized spacial score (nSPS) is 11.1. The molecule has 0 fully saturated rings. The van der Waals surface area contributed by atoms with Crippen molar-refractivity contribution in [1.29, 1.82) is 0 Å². The summed E-state index contributed by atoms with van der Waals surface area (Å²) in [6.07, 6.45) is 0. The predicted octanol–water partition coefficient (Wildman–Crippen LogP) is 3.94. The largest absolute Gasteiger partial charge is 0.496 e. The maximum atomic E-state index is 5.47. The molecular weight excluding hydrogens is 463 g/mol. The van der Waals surface area contributed by atoms with Crippen LogP contribution < -0.4 is 15.4 Å². The van der Waals surface area contributed by atoms with Crippen LogP contribution in [0.3, 0.4) is 0 Å². The molecule has 0 saturated carbocycles. The second-order valence-corrected chi connectivity index (χ2v) is 6.74. The van der Waals surface area contributed by atoms with Crippen molar-refractivity contribution in [3.05, 3.63) is 64.7 Å². The molecule has 5 nitrogen and oxygen atoms in total. The smallest absolute Gasteiger partial charge is 0.191 e. The van der Waals surface area contributed by atoms with Crippen LogP contribution in [0.5, 0.6) is 5.75 Å². The SMILES string of the molecule is CCN(C)Cc1cccc(CNC(=NC)NCc2ccc(C)cc2OC)c1.I. The average Bonchev–Trinajstić information content (AvgIpc) is 2.69. The minimum Gasteiger partial charge on any atom is -0.496 e. The number of nitrogens with one attached hydrogen (secondary N) is 2. The van der Waals surface area contributed by atoms with Gasteiger partial charge in [0.15, 0.2) is 5.96 Å². The number of hydrogen-bond acceptors (Lipinski definition) is 3. The topological polar surface area (TPSA) is 48.9 Å². The van der Waals surface area contributed by atoms with Crippen molar-refractivity contribution in [3.63, 3.8) is 0 Å². The Morgan fingerprint density at radius 1 is 1.07 bits per heavy atom. The van der Waals surface area contributed by atoms with Crippen LogP contribution in [0.2, 0.25) is 0 Å². The maximum absolute atomic E-state index is 5.47. The maximum Gasteiger partial charge on any atom is 0.191 e. The van der Waals surface area contributed by atoms with Gasteiger partial charge in [0, 0.05) is 32.2 Å². The number of halogens is 1. The van der Waals surface area contributed by atoms with Gasteiger partial charge < -0.3 is 20.3 Å². The van der Waals surface area contributed by atoms with E-state index in [0.29, 0.717) is 6.54 Å². The zero-order valence-electron chi connectivity index (χ0n) is 17.6. The van der Waals surface area contributed by atoms with Crippen molar-refractivity contribution < 1.29 is 4.74 Å². The second-order valence-electron chi connectivity index (χ2n) is 6.74. The van der Waals surface area contributed by atoms with Gasteiger partial charge in [-0.15, -0.1) is 24.0 Å². The van der Waals surface area contributed by atoms with Crippen molar-refractivity contribution in [3.8, 4) is 5.75 Å². The van der Waals surface area contributed by atoms with Crippen LogP contribution in [0, 0.1) is 6.92 Å². The van der Waals surface area contributed by atoms with E-state index >= 15 is 0 Å². The molecule has 2 rings (SSSR count). The van der Waals surface area contributed by atoms with Crippen molar-refractivity contribution >= 4 is 29.9 Å². The lowest BCUT2D eigenvalue weighted by Gasteiger charge is -2.16. The average molecular weight is 496 g/mol. The Bertz CT molecular complexity index is 764. The third kappa shape index (κ3) is 7.67. The summed E-state index contributed by atoms with van der Waals surface area (Å²) < 4.78 is 5.47. The van der Waals surface area contributed by atoms with Crippen LogP contribution in [-0.2, 0) is 19.6 Å². The Morgan fingerprint density at radius 3 is 2.46 bits per heavy atom. The van der Waals surface area contributed by atoms with Gasteiger partial charge in [0.1, 0.15) is 5.75 Å². The molecule has 0 aliphatic carbocycles. The molecule has 0 spiro atoms. The fourth-order valence-electron chi connectivity index (χ4n) is 2.84. The summed E-state index contributed by atoms with van der Waals surface area (Å²) in [6.45, 7) is 7.63. The molecule has 6 heteroatoms. The second kappa shape index (κ2) is 12.6. The zero-order valence-corrected chi connectivity index (χ0v) is 19.9. The fraction of sp³-hybridized carbons (Fsp3) is 0.409. The van der Waals surface area contributed by atoms with Crippen molar-refractivity contribution in [2.45, 2.75) is 33.5 Å². The first kappa shape index (κ1) is 24.2. The van der Waals surface area contributed by atoms with Crippen LogP contribution in [-0.4, -0.2) is 38.6 Å². The van der Waals surface area contributed by atoms with Crippen molar-refractivity contribution in [2.24, 2.45) is 4.99 Å². The Hall–Kier alpha value is -1.80. The molecule has 0 unspecified atom stereocenters. The van der Waals surface area contributed by atoms with Gasteiger partial charge in [0.2, 0.25) is 0 Å². The Kier molecular flexibility index (Phi) is 10.9. The summed E-state index contributed by atoms with van der Waals surface area (Å²) in [5.74, 6) is 1.67. The van der Waals surface area contributed by atoms with Gasteiger partial charge in [-0.1, -0.05) is 43.3 Å². The lowest BCUT2D eigenvalue weighted by atomic mass is 10.1. The van der Waals surface area contributed by atoms with Crippen LogP contribution in [0.15, 0.2) is 47.5 Å². The Balaban J connectivity index is 0.00000392. The minimum absolute atomic E-state index is 0. The lowest BCUT2D eigenvalue weighted by molar-refractivity contribution is 0.345. The molecule has 2 aromatic carbocycles. The van der Waals surface area contributed by atoms with E-state index < -0.39 is 0 Å². The number of aliphatic imine (C=N–C) groups is 1. The van der Waals surface area contributed by atoms with Gasteiger partial charge >= 0.3 is 0 Å². The number of guanidine groups is 1. The number of nitrogens with zero attached hydrogens (tertiary/aromatic N) is 2. The first-order chi connectivity index (χ1) is 13.0. The van der Waals surface area contributed by atoms with Crippen molar-refractivity contribution in [1.82, 2.24) is 15.5 Å². The number of hydrogen-bond donors (Lipinski definition) is 2. The standard InChI is InChI=1S/C22H32N4O.HI/c1-6-26(4)16-19-9-7-8-18(13-19)14-24-22(23-3)25-15-20-11-10-17(2)12-21(20)27-5;/h7-13H,6,14-16H2,1-5H3,(H2,23,24,25);1H. The van der Waals surface area contributed by atoms with Gasteiger partial charge in [0.25, 0.3) is 0 Å². The summed E-state index contributed by atoms with van der Waals surface area (Å²) in [7, 11) is 5.62. The highest BCUT2D eigenvalue weighted by Crippen LogP contribution is 2.19. The molecule has 2 N–H and O–H groups in total. The summed E-state index contributed by atoms with van der Waals surface area (Å²) in [6, 6.07) is 14.9. The van der Waals surface area contributed by atoms with Gasteiger partial charge in [-0.25, -0.2) is 0 Å². The van der Waals surface area contributed by atoms with Crippen LogP contribution >= 0.6 is 24.0 Å². The zero-order chi connectivity index (χ0) is 19.6. The van der Waals surface area contributed by atoms with E-state index in [4.69, 9.17) is 4.74 Å².